The van der Waals surface area contributed by atoms with Gasteiger partial charge in [0.2, 0.25) is 5.91 Å². The van der Waals surface area contributed by atoms with Gasteiger partial charge < -0.3 is 14.2 Å². The summed E-state index contributed by atoms with van der Waals surface area (Å²) in [5.41, 5.74) is 3.51. The molecule has 0 N–H and O–H groups in total. The first-order valence-electron chi connectivity index (χ1n) is 9.84. The third-order valence-corrected chi connectivity index (χ3v) is 5.35. The van der Waals surface area contributed by atoms with Crippen LogP contribution in [0.3, 0.4) is 0 Å². The number of rotatable bonds is 5. The minimum atomic E-state index is -2.92. The van der Waals surface area contributed by atoms with Gasteiger partial charge in [0.25, 0.3) is 0 Å². The Morgan fingerprint density at radius 3 is 2.43 bits per heavy atom. The SMILES string of the molecule is CC(C)n1c(-c2ccc(N3CCCC3=O)cc2)c(C#N)c2ccc(OC(F)F)cc21. The molecule has 2 heterocycles. The highest BCUT2D eigenvalue weighted by molar-refractivity contribution is 5.97. The molecule has 1 aromatic heterocycles. The molecule has 5 nitrogen and oxygen atoms in total. The van der Waals surface area contributed by atoms with Crippen LogP contribution in [0.4, 0.5) is 14.5 Å². The molecule has 0 unspecified atom stereocenters. The van der Waals surface area contributed by atoms with Crippen molar-refractivity contribution in [1.29, 1.82) is 5.26 Å². The van der Waals surface area contributed by atoms with E-state index in [4.69, 9.17) is 0 Å². The van der Waals surface area contributed by atoms with E-state index in [9.17, 15) is 18.8 Å². The molecular formula is C23H21F2N3O2. The summed E-state index contributed by atoms with van der Waals surface area (Å²) in [6.45, 7) is 1.74. The summed E-state index contributed by atoms with van der Waals surface area (Å²) in [7, 11) is 0. The van der Waals surface area contributed by atoms with Crippen LogP contribution in [0.1, 0.15) is 38.3 Å². The maximum atomic E-state index is 12.7. The van der Waals surface area contributed by atoms with Gasteiger partial charge in [-0.1, -0.05) is 12.1 Å². The zero-order chi connectivity index (χ0) is 21.4. The Balaban J connectivity index is 1.86. The topological polar surface area (TPSA) is 58.3 Å². The van der Waals surface area contributed by atoms with E-state index in [1.165, 1.54) is 6.07 Å². The van der Waals surface area contributed by atoms with Crippen LogP contribution in [0.15, 0.2) is 42.5 Å². The number of nitriles is 1. The fraction of sp³-hybridized carbons (Fsp3) is 0.304. The molecule has 1 aliphatic rings. The Morgan fingerprint density at radius 1 is 1.13 bits per heavy atom. The number of ether oxygens (including phenoxy) is 1. The van der Waals surface area contributed by atoms with Crippen LogP contribution < -0.4 is 9.64 Å². The number of hydrogen-bond donors (Lipinski definition) is 0. The number of aromatic nitrogens is 1. The zero-order valence-electron chi connectivity index (χ0n) is 16.7. The van der Waals surface area contributed by atoms with Crippen LogP contribution >= 0.6 is 0 Å². The third kappa shape index (κ3) is 3.39. The van der Waals surface area contributed by atoms with E-state index in [1.807, 2.05) is 42.7 Å². The number of anilines is 1. The number of benzene rings is 2. The van der Waals surface area contributed by atoms with Crippen molar-refractivity contribution < 1.29 is 18.3 Å². The maximum absolute atomic E-state index is 12.7. The summed E-state index contributed by atoms with van der Waals surface area (Å²) >= 11 is 0. The number of amides is 1. The van der Waals surface area contributed by atoms with E-state index in [2.05, 4.69) is 10.8 Å². The Kier molecular flexibility index (Phi) is 5.17. The lowest BCUT2D eigenvalue weighted by Gasteiger charge is -2.18. The van der Waals surface area contributed by atoms with Gasteiger partial charge >= 0.3 is 6.61 Å². The van der Waals surface area contributed by atoms with Gasteiger partial charge in [-0.25, -0.2) is 0 Å². The average molecular weight is 409 g/mol. The van der Waals surface area contributed by atoms with Crippen molar-refractivity contribution in [2.75, 3.05) is 11.4 Å². The number of alkyl halides is 2. The summed E-state index contributed by atoms with van der Waals surface area (Å²) in [5.74, 6) is 0.166. The third-order valence-electron chi connectivity index (χ3n) is 5.35. The molecule has 1 aliphatic heterocycles. The molecule has 2 aromatic carbocycles. The first-order valence-corrected chi connectivity index (χ1v) is 9.84. The van der Waals surface area contributed by atoms with Crippen molar-refractivity contribution in [1.82, 2.24) is 4.57 Å². The van der Waals surface area contributed by atoms with Crippen LogP contribution in [0, 0.1) is 11.3 Å². The van der Waals surface area contributed by atoms with Crippen molar-refractivity contribution in [2.45, 2.75) is 39.3 Å². The highest BCUT2D eigenvalue weighted by atomic mass is 19.3. The monoisotopic (exact) mass is 409 g/mol. The second kappa shape index (κ2) is 7.79. The van der Waals surface area contributed by atoms with E-state index in [1.54, 1.807) is 17.0 Å². The van der Waals surface area contributed by atoms with E-state index < -0.39 is 6.61 Å². The summed E-state index contributed by atoms with van der Waals surface area (Å²) in [5, 5.41) is 10.6. The molecule has 0 atom stereocenters. The van der Waals surface area contributed by atoms with Crippen LogP contribution in [0.25, 0.3) is 22.2 Å². The molecule has 1 saturated heterocycles. The van der Waals surface area contributed by atoms with E-state index in [0.717, 1.165) is 23.4 Å². The minimum Gasteiger partial charge on any atom is -0.435 e. The average Bonchev–Trinajstić information content (AvgIpc) is 3.28. The smallest absolute Gasteiger partial charge is 0.387 e. The Bertz CT molecular complexity index is 1140. The number of fused-ring (bicyclic) bond motifs is 1. The second-order valence-corrected chi connectivity index (χ2v) is 7.55. The van der Waals surface area contributed by atoms with E-state index in [-0.39, 0.29) is 17.7 Å². The van der Waals surface area contributed by atoms with Crippen molar-refractivity contribution in [3.05, 3.63) is 48.0 Å². The standard InChI is InChI=1S/C23H21F2N3O2/c1-14(2)28-20-12-17(30-23(24)25)9-10-18(20)19(13-26)22(28)15-5-7-16(8-6-15)27-11-3-4-21(27)29/h5-10,12,14,23H,3-4,11H2,1-2H3. The van der Waals surface area contributed by atoms with E-state index in [0.29, 0.717) is 29.4 Å². The molecule has 4 rings (SSSR count). The number of halogens is 2. The van der Waals surface area contributed by atoms with Gasteiger partial charge in [0, 0.05) is 36.1 Å². The lowest BCUT2D eigenvalue weighted by Crippen LogP contribution is -2.23. The first kappa shape index (κ1) is 19.9. The molecule has 1 fully saturated rings. The maximum Gasteiger partial charge on any atom is 0.387 e. The summed E-state index contributed by atoms with van der Waals surface area (Å²) < 4.78 is 31.9. The van der Waals surface area contributed by atoms with Gasteiger partial charge in [-0.3, -0.25) is 4.79 Å². The second-order valence-electron chi connectivity index (χ2n) is 7.55. The highest BCUT2D eigenvalue weighted by Gasteiger charge is 2.24. The Labute approximate surface area is 173 Å². The van der Waals surface area contributed by atoms with Gasteiger partial charge in [0.15, 0.2) is 0 Å². The molecule has 0 spiro atoms. The lowest BCUT2D eigenvalue weighted by molar-refractivity contribution is -0.117. The predicted octanol–water partition coefficient (Wildman–Crippen LogP) is 5.49. The zero-order valence-corrected chi connectivity index (χ0v) is 16.7. The summed E-state index contributed by atoms with van der Waals surface area (Å²) in [6.07, 6.45) is 1.41. The number of carbonyl (C=O) groups is 1. The molecule has 0 aliphatic carbocycles. The fourth-order valence-electron chi connectivity index (χ4n) is 4.12. The molecule has 0 saturated carbocycles. The molecule has 30 heavy (non-hydrogen) atoms. The van der Waals surface area contributed by atoms with Gasteiger partial charge in [0.1, 0.15) is 11.8 Å². The number of hydrogen-bond acceptors (Lipinski definition) is 3. The van der Waals surface area contributed by atoms with Crippen LogP contribution in [0.2, 0.25) is 0 Å². The van der Waals surface area contributed by atoms with Gasteiger partial charge in [-0.2, -0.15) is 14.0 Å². The Morgan fingerprint density at radius 2 is 1.87 bits per heavy atom. The van der Waals surface area contributed by atoms with Crippen molar-refractivity contribution in [3.8, 4) is 23.1 Å². The van der Waals surface area contributed by atoms with Crippen molar-refractivity contribution in [3.63, 3.8) is 0 Å². The number of carbonyl (C=O) groups excluding carboxylic acids is 1. The molecule has 7 heteroatoms. The fourth-order valence-corrected chi connectivity index (χ4v) is 4.12. The molecular weight excluding hydrogens is 388 g/mol. The minimum absolute atomic E-state index is 0.0220. The normalized spacial score (nSPS) is 14.2. The van der Waals surface area contributed by atoms with Crippen molar-refractivity contribution >= 4 is 22.5 Å². The highest BCUT2D eigenvalue weighted by Crippen LogP contribution is 2.38. The molecule has 1 amide bonds. The lowest BCUT2D eigenvalue weighted by atomic mass is 10.1. The molecule has 0 radical (unpaired) electrons. The summed E-state index contributed by atoms with van der Waals surface area (Å²) in [4.78, 5) is 13.8. The molecule has 3 aromatic rings. The van der Waals surface area contributed by atoms with Gasteiger partial charge in [-0.05, 0) is 50.1 Å². The van der Waals surface area contributed by atoms with Gasteiger partial charge in [-0.15, -0.1) is 0 Å². The van der Waals surface area contributed by atoms with Gasteiger partial charge in [0.05, 0.1) is 16.8 Å². The van der Waals surface area contributed by atoms with Crippen LogP contribution in [-0.2, 0) is 4.79 Å². The quantitative estimate of drug-likeness (QED) is 0.560. The van der Waals surface area contributed by atoms with E-state index >= 15 is 0 Å². The first-order chi connectivity index (χ1) is 14.4. The predicted molar refractivity (Wildman–Crippen MR) is 111 cm³/mol. The largest absolute Gasteiger partial charge is 0.435 e. The van der Waals surface area contributed by atoms with Crippen molar-refractivity contribution in [2.24, 2.45) is 0 Å². The van der Waals surface area contributed by atoms with Crippen LogP contribution in [-0.4, -0.2) is 23.6 Å². The van der Waals surface area contributed by atoms with Crippen LogP contribution in [0.5, 0.6) is 5.75 Å². The summed E-state index contributed by atoms with van der Waals surface area (Å²) in [6, 6.07) is 14.4. The number of nitrogens with zero attached hydrogens (tertiary/aromatic N) is 3. The molecule has 0 bridgehead atoms. The Hall–Kier alpha value is -3.40. The molecule has 154 valence electrons.